The van der Waals surface area contributed by atoms with Crippen molar-refractivity contribution in [2.24, 2.45) is 0 Å². The highest BCUT2D eigenvalue weighted by molar-refractivity contribution is 6.07. The van der Waals surface area contributed by atoms with E-state index in [1.54, 1.807) is 0 Å². The van der Waals surface area contributed by atoms with Gasteiger partial charge in [-0.15, -0.1) is 0 Å². The van der Waals surface area contributed by atoms with Crippen LogP contribution in [0.4, 0.5) is 0 Å². The van der Waals surface area contributed by atoms with Crippen LogP contribution in [0.15, 0.2) is 54.6 Å². The molecule has 0 fully saturated rings. The van der Waals surface area contributed by atoms with Crippen LogP contribution in [-0.4, -0.2) is 17.4 Å². The first-order valence-electron chi connectivity index (χ1n) is 11.4. The molecule has 0 unspecified atom stereocenters. The summed E-state index contributed by atoms with van der Waals surface area (Å²) in [5, 5.41) is 4.03. The number of unbranched alkanes of at least 4 members (excludes halogenated alkanes) is 7. The third-order valence-corrected chi connectivity index (χ3v) is 5.70. The minimum atomic E-state index is -0.00798. The Kier molecular flexibility index (Phi) is 8.43. The van der Waals surface area contributed by atoms with Gasteiger partial charge in [0.05, 0.1) is 16.8 Å². The zero-order valence-corrected chi connectivity index (χ0v) is 18.4. The Bertz CT molecular complexity index is 964. The van der Waals surface area contributed by atoms with Gasteiger partial charge in [-0.1, -0.05) is 94.3 Å². The van der Waals surface area contributed by atoms with Crippen LogP contribution in [0.2, 0.25) is 0 Å². The molecule has 0 bridgehead atoms. The van der Waals surface area contributed by atoms with Gasteiger partial charge in [-0.05, 0) is 31.0 Å². The van der Waals surface area contributed by atoms with E-state index >= 15 is 0 Å². The number of pyridine rings is 1. The Hall–Kier alpha value is -2.68. The Morgan fingerprint density at radius 3 is 2.30 bits per heavy atom. The lowest BCUT2D eigenvalue weighted by atomic mass is 10.0. The first-order chi connectivity index (χ1) is 14.7. The Balaban J connectivity index is 1.64. The number of carbonyl (C=O) groups excluding carboxylic acids is 1. The third kappa shape index (κ3) is 5.91. The van der Waals surface area contributed by atoms with Crippen LogP contribution in [0.3, 0.4) is 0 Å². The van der Waals surface area contributed by atoms with E-state index in [9.17, 15) is 4.79 Å². The summed E-state index contributed by atoms with van der Waals surface area (Å²) in [6, 6.07) is 18.0. The molecule has 3 rings (SSSR count). The van der Waals surface area contributed by atoms with Crippen molar-refractivity contribution in [3.8, 4) is 11.3 Å². The van der Waals surface area contributed by atoms with Crippen LogP contribution in [0.1, 0.15) is 74.2 Å². The van der Waals surface area contributed by atoms with Gasteiger partial charge in [0.2, 0.25) is 0 Å². The molecule has 0 atom stereocenters. The number of hydrogen-bond acceptors (Lipinski definition) is 2. The zero-order valence-electron chi connectivity index (χ0n) is 18.4. The molecule has 3 nitrogen and oxygen atoms in total. The van der Waals surface area contributed by atoms with E-state index in [0.29, 0.717) is 5.56 Å². The lowest BCUT2D eigenvalue weighted by molar-refractivity contribution is 0.0954. The van der Waals surface area contributed by atoms with E-state index in [2.05, 4.69) is 31.3 Å². The molecule has 1 aromatic heterocycles. The molecule has 1 amide bonds. The number of carbonyl (C=O) groups is 1. The summed E-state index contributed by atoms with van der Waals surface area (Å²) < 4.78 is 0. The number of fused-ring (bicyclic) bond motifs is 1. The molecule has 3 aromatic rings. The number of aryl methyl sites for hydroxylation is 1. The molecule has 30 heavy (non-hydrogen) atoms. The standard InChI is InChI=1S/C27H34N2O/c1-3-4-5-6-7-8-9-14-19-28-27(30)24-20-26(22-16-11-10-15-21(22)2)29-25-18-13-12-17-23(24)25/h10-13,15-18,20H,3-9,14,19H2,1-2H3,(H,28,30). The van der Waals surface area contributed by atoms with Gasteiger partial charge in [-0.25, -0.2) is 4.98 Å². The summed E-state index contributed by atoms with van der Waals surface area (Å²) in [5.41, 5.74) is 4.64. The SMILES string of the molecule is CCCCCCCCCCNC(=O)c1cc(-c2ccccc2C)nc2ccccc12. The fourth-order valence-corrected chi connectivity index (χ4v) is 3.92. The second-order valence-electron chi connectivity index (χ2n) is 8.12. The predicted molar refractivity (Wildman–Crippen MR) is 127 cm³/mol. The van der Waals surface area contributed by atoms with E-state index in [0.717, 1.165) is 40.7 Å². The average molecular weight is 403 g/mol. The second kappa shape index (κ2) is 11.5. The summed E-state index contributed by atoms with van der Waals surface area (Å²) in [6.45, 7) is 5.05. The van der Waals surface area contributed by atoms with Crippen LogP contribution < -0.4 is 5.32 Å². The van der Waals surface area contributed by atoms with E-state index in [4.69, 9.17) is 4.98 Å². The molecule has 2 aromatic carbocycles. The quantitative estimate of drug-likeness (QED) is 0.348. The molecule has 0 radical (unpaired) electrons. The monoisotopic (exact) mass is 402 g/mol. The molecule has 0 saturated heterocycles. The number of amides is 1. The zero-order chi connectivity index (χ0) is 21.2. The highest BCUT2D eigenvalue weighted by Gasteiger charge is 2.14. The first kappa shape index (κ1) is 22.0. The van der Waals surface area contributed by atoms with Crippen LogP contribution in [-0.2, 0) is 0 Å². The molecule has 0 aliphatic carbocycles. The highest BCUT2D eigenvalue weighted by atomic mass is 16.1. The van der Waals surface area contributed by atoms with E-state index in [1.165, 1.54) is 44.9 Å². The van der Waals surface area contributed by atoms with Crippen LogP contribution >= 0.6 is 0 Å². The fraction of sp³-hybridized carbons (Fsp3) is 0.407. The maximum Gasteiger partial charge on any atom is 0.252 e. The predicted octanol–water partition coefficient (Wildman–Crippen LogP) is 7.08. The number of rotatable bonds is 11. The first-order valence-corrected chi connectivity index (χ1v) is 11.4. The summed E-state index contributed by atoms with van der Waals surface area (Å²) in [4.78, 5) is 17.8. The summed E-state index contributed by atoms with van der Waals surface area (Å²) in [5.74, 6) is -0.00798. The van der Waals surface area contributed by atoms with E-state index in [-0.39, 0.29) is 5.91 Å². The van der Waals surface area contributed by atoms with Crippen LogP contribution in [0, 0.1) is 6.92 Å². The summed E-state index contributed by atoms with van der Waals surface area (Å²) in [7, 11) is 0. The van der Waals surface area contributed by atoms with Gasteiger partial charge in [0, 0.05) is 17.5 Å². The topological polar surface area (TPSA) is 42.0 Å². The number of aromatic nitrogens is 1. The largest absolute Gasteiger partial charge is 0.352 e. The smallest absolute Gasteiger partial charge is 0.252 e. The van der Waals surface area contributed by atoms with Crippen molar-refractivity contribution in [3.05, 3.63) is 65.7 Å². The average Bonchev–Trinajstić information content (AvgIpc) is 2.77. The van der Waals surface area contributed by atoms with Gasteiger partial charge in [0.1, 0.15) is 0 Å². The third-order valence-electron chi connectivity index (χ3n) is 5.70. The highest BCUT2D eigenvalue weighted by Crippen LogP contribution is 2.27. The van der Waals surface area contributed by atoms with Gasteiger partial charge >= 0.3 is 0 Å². The Morgan fingerprint density at radius 1 is 0.867 bits per heavy atom. The Morgan fingerprint density at radius 2 is 1.53 bits per heavy atom. The lowest BCUT2D eigenvalue weighted by Gasteiger charge is -2.12. The maximum atomic E-state index is 13.0. The van der Waals surface area contributed by atoms with Crippen molar-refractivity contribution in [2.45, 2.75) is 65.2 Å². The number of nitrogens with zero attached hydrogens (tertiary/aromatic N) is 1. The van der Waals surface area contributed by atoms with Gasteiger partial charge in [-0.2, -0.15) is 0 Å². The van der Waals surface area contributed by atoms with Crippen molar-refractivity contribution >= 4 is 16.8 Å². The van der Waals surface area contributed by atoms with Crippen molar-refractivity contribution in [3.63, 3.8) is 0 Å². The molecule has 1 N–H and O–H groups in total. The maximum absolute atomic E-state index is 13.0. The van der Waals surface area contributed by atoms with Crippen molar-refractivity contribution < 1.29 is 4.79 Å². The minimum Gasteiger partial charge on any atom is -0.352 e. The van der Waals surface area contributed by atoms with Gasteiger partial charge in [0.15, 0.2) is 0 Å². The molecule has 158 valence electrons. The number of para-hydroxylation sites is 1. The summed E-state index contributed by atoms with van der Waals surface area (Å²) in [6.07, 6.45) is 10.1. The molecule has 1 heterocycles. The number of benzene rings is 2. The lowest BCUT2D eigenvalue weighted by Crippen LogP contribution is -2.24. The van der Waals surface area contributed by atoms with Crippen LogP contribution in [0.5, 0.6) is 0 Å². The van der Waals surface area contributed by atoms with Crippen molar-refractivity contribution in [2.75, 3.05) is 6.54 Å². The van der Waals surface area contributed by atoms with Gasteiger partial charge < -0.3 is 5.32 Å². The number of hydrogen-bond donors (Lipinski definition) is 1. The molecule has 0 spiro atoms. The Labute approximate surface area is 180 Å². The molecule has 0 aliphatic rings. The molecular formula is C27H34N2O. The normalized spacial score (nSPS) is 11.0. The van der Waals surface area contributed by atoms with E-state index < -0.39 is 0 Å². The van der Waals surface area contributed by atoms with Gasteiger partial charge in [-0.3, -0.25) is 4.79 Å². The second-order valence-corrected chi connectivity index (χ2v) is 8.12. The van der Waals surface area contributed by atoms with Gasteiger partial charge in [0.25, 0.3) is 5.91 Å². The van der Waals surface area contributed by atoms with Crippen molar-refractivity contribution in [1.82, 2.24) is 10.3 Å². The number of nitrogens with one attached hydrogen (secondary N) is 1. The molecular weight excluding hydrogens is 368 g/mol. The van der Waals surface area contributed by atoms with E-state index in [1.807, 2.05) is 42.5 Å². The fourth-order valence-electron chi connectivity index (χ4n) is 3.92. The summed E-state index contributed by atoms with van der Waals surface area (Å²) >= 11 is 0. The molecule has 0 saturated carbocycles. The van der Waals surface area contributed by atoms with Crippen LogP contribution in [0.25, 0.3) is 22.2 Å². The minimum absolute atomic E-state index is 0.00798. The molecule has 3 heteroatoms. The molecule has 0 aliphatic heterocycles. The van der Waals surface area contributed by atoms with Crippen molar-refractivity contribution in [1.29, 1.82) is 0 Å².